The zero-order chi connectivity index (χ0) is 17.9. The minimum atomic E-state index is -0.800. The van der Waals surface area contributed by atoms with Gasteiger partial charge in [-0.3, -0.25) is 14.9 Å². The number of hydrogen-bond donors (Lipinski definition) is 1. The van der Waals surface area contributed by atoms with E-state index in [2.05, 4.69) is 10.3 Å². The molecular formula is C15H14F2N4O3. The summed E-state index contributed by atoms with van der Waals surface area (Å²) in [6.07, 6.45) is 1.11. The van der Waals surface area contributed by atoms with Gasteiger partial charge in [0, 0.05) is 24.4 Å². The Morgan fingerprint density at radius 1 is 1.29 bits per heavy atom. The predicted octanol–water partition coefficient (Wildman–Crippen LogP) is 2.65. The van der Waals surface area contributed by atoms with Crippen LogP contribution in [-0.4, -0.2) is 29.4 Å². The van der Waals surface area contributed by atoms with Gasteiger partial charge in [0.1, 0.15) is 23.6 Å². The molecule has 1 aromatic heterocycles. The Hall–Kier alpha value is -3.10. The molecule has 24 heavy (non-hydrogen) atoms. The van der Waals surface area contributed by atoms with Crippen LogP contribution < -0.4 is 10.2 Å². The van der Waals surface area contributed by atoms with Crippen molar-refractivity contribution in [1.82, 2.24) is 4.98 Å². The molecule has 0 fully saturated rings. The number of nitrogens with one attached hydrogen (secondary N) is 1. The fourth-order valence-corrected chi connectivity index (χ4v) is 2.06. The molecule has 2 rings (SSSR count). The smallest absolute Gasteiger partial charge is 0.290 e. The minimum Gasteiger partial charge on any atom is -0.350 e. The normalized spacial score (nSPS) is 10.3. The largest absolute Gasteiger partial charge is 0.350 e. The number of likely N-dealkylation sites (N-methyl/N-ethyl adjacent to an activating group) is 1. The van der Waals surface area contributed by atoms with Crippen LogP contribution in [0.1, 0.15) is 5.56 Å². The average molecular weight is 336 g/mol. The van der Waals surface area contributed by atoms with Crippen molar-refractivity contribution in [3.63, 3.8) is 0 Å². The molecule has 0 atom stereocenters. The molecule has 9 heteroatoms. The molecule has 0 bridgehead atoms. The summed E-state index contributed by atoms with van der Waals surface area (Å²) in [5, 5.41) is 13.1. The van der Waals surface area contributed by atoms with Crippen molar-refractivity contribution in [2.24, 2.45) is 0 Å². The number of carbonyl (C=O) groups excluding carboxylic acids is 1. The number of carbonyl (C=O) groups is 1. The highest BCUT2D eigenvalue weighted by molar-refractivity contribution is 5.93. The Bertz CT molecular complexity index is 778. The predicted molar refractivity (Wildman–Crippen MR) is 83.9 cm³/mol. The Morgan fingerprint density at radius 3 is 2.46 bits per heavy atom. The minimum absolute atomic E-state index is 0.00117. The van der Waals surface area contributed by atoms with Crippen molar-refractivity contribution in [3.05, 3.63) is 57.8 Å². The Labute approximate surface area is 136 Å². The van der Waals surface area contributed by atoms with Gasteiger partial charge in [-0.05, 0) is 25.1 Å². The first kappa shape index (κ1) is 17.3. The van der Waals surface area contributed by atoms with E-state index in [0.29, 0.717) is 17.4 Å². The highest BCUT2D eigenvalue weighted by Gasteiger charge is 2.15. The topological polar surface area (TPSA) is 88.4 Å². The molecule has 0 aliphatic carbocycles. The summed E-state index contributed by atoms with van der Waals surface area (Å²) >= 11 is 0. The summed E-state index contributed by atoms with van der Waals surface area (Å²) in [4.78, 5) is 27.6. The molecule has 0 spiro atoms. The van der Waals surface area contributed by atoms with Gasteiger partial charge < -0.3 is 10.2 Å². The Kier molecular flexibility index (Phi) is 5.02. The quantitative estimate of drug-likeness (QED) is 0.670. The molecule has 0 radical (unpaired) electrons. The van der Waals surface area contributed by atoms with Gasteiger partial charge in [-0.1, -0.05) is 0 Å². The molecule has 0 unspecified atom stereocenters. The van der Waals surface area contributed by atoms with Crippen molar-refractivity contribution >= 4 is 23.1 Å². The average Bonchev–Trinajstić information content (AvgIpc) is 2.45. The Morgan fingerprint density at radius 2 is 1.92 bits per heavy atom. The molecule has 0 aliphatic heterocycles. The van der Waals surface area contributed by atoms with Crippen LogP contribution in [0.5, 0.6) is 0 Å². The summed E-state index contributed by atoms with van der Waals surface area (Å²) in [5.74, 6) is -1.75. The number of hydrogen-bond acceptors (Lipinski definition) is 5. The van der Waals surface area contributed by atoms with Crippen LogP contribution in [0.2, 0.25) is 0 Å². The summed E-state index contributed by atoms with van der Waals surface area (Å²) < 4.78 is 26.2. The maximum atomic E-state index is 13.1. The van der Waals surface area contributed by atoms with Crippen molar-refractivity contribution in [2.75, 3.05) is 23.8 Å². The van der Waals surface area contributed by atoms with Gasteiger partial charge in [0.2, 0.25) is 5.91 Å². The van der Waals surface area contributed by atoms with E-state index < -0.39 is 22.5 Å². The SMILES string of the molecule is Cc1cc(N(C)CC(=O)Nc2cc(F)cc(F)c2)ncc1[N+](=O)[O-]. The molecule has 2 aromatic rings. The van der Waals surface area contributed by atoms with E-state index in [1.807, 2.05) is 0 Å². The summed E-state index contributed by atoms with van der Waals surface area (Å²) in [6.45, 7) is 1.41. The molecule has 1 N–H and O–H groups in total. The molecule has 0 aliphatic rings. The zero-order valence-electron chi connectivity index (χ0n) is 12.9. The lowest BCUT2D eigenvalue weighted by Crippen LogP contribution is -2.30. The van der Waals surface area contributed by atoms with E-state index in [0.717, 1.165) is 18.3 Å². The lowest BCUT2D eigenvalue weighted by Gasteiger charge is -2.18. The van der Waals surface area contributed by atoms with Gasteiger partial charge in [0.15, 0.2) is 0 Å². The number of aryl methyl sites for hydroxylation is 1. The fraction of sp³-hybridized carbons (Fsp3) is 0.200. The molecule has 1 aromatic carbocycles. The number of nitrogens with zero attached hydrogens (tertiary/aromatic N) is 3. The summed E-state index contributed by atoms with van der Waals surface area (Å²) in [6, 6.07) is 4.17. The van der Waals surface area contributed by atoms with Crippen LogP contribution in [0.3, 0.4) is 0 Å². The molecule has 7 nitrogen and oxygen atoms in total. The van der Waals surface area contributed by atoms with E-state index >= 15 is 0 Å². The lowest BCUT2D eigenvalue weighted by molar-refractivity contribution is -0.385. The fourth-order valence-electron chi connectivity index (χ4n) is 2.06. The second-order valence-electron chi connectivity index (χ2n) is 5.15. The second kappa shape index (κ2) is 6.99. The van der Waals surface area contributed by atoms with Crippen molar-refractivity contribution in [3.8, 4) is 0 Å². The molecule has 0 saturated carbocycles. The summed E-state index contributed by atoms with van der Waals surface area (Å²) in [5.41, 5.74) is 0.287. The number of amides is 1. The maximum absolute atomic E-state index is 13.1. The summed E-state index contributed by atoms with van der Waals surface area (Å²) in [7, 11) is 1.57. The monoisotopic (exact) mass is 336 g/mol. The molecule has 1 heterocycles. The van der Waals surface area contributed by atoms with Gasteiger partial charge >= 0.3 is 0 Å². The van der Waals surface area contributed by atoms with Crippen LogP contribution >= 0.6 is 0 Å². The van der Waals surface area contributed by atoms with Crippen LogP contribution in [0.4, 0.5) is 26.0 Å². The van der Waals surface area contributed by atoms with Crippen LogP contribution in [0, 0.1) is 28.7 Å². The van der Waals surface area contributed by atoms with E-state index in [9.17, 15) is 23.7 Å². The maximum Gasteiger partial charge on any atom is 0.290 e. The lowest BCUT2D eigenvalue weighted by atomic mass is 10.2. The van der Waals surface area contributed by atoms with Gasteiger partial charge in [0.25, 0.3) is 5.69 Å². The van der Waals surface area contributed by atoms with Gasteiger partial charge in [-0.15, -0.1) is 0 Å². The first-order valence-electron chi connectivity index (χ1n) is 6.84. The van der Waals surface area contributed by atoms with Crippen LogP contribution in [0.15, 0.2) is 30.5 Å². The van der Waals surface area contributed by atoms with Crippen LogP contribution in [0.25, 0.3) is 0 Å². The number of pyridine rings is 1. The number of nitro groups is 1. The van der Waals surface area contributed by atoms with Crippen LogP contribution in [-0.2, 0) is 4.79 Å². The highest BCUT2D eigenvalue weighted by atomic mass is 19.1. The third-order valence-corrected chi connectivity index (χ3v) is 3.18. The third-order valence-electron chi connectivity index (χ3n) is 3.18. The standard InChI is InChI=1S/C15H14F2N4O3/c1-9-3-14(18-7-13(9)21(23)24)20(2)8-15(22)19-12-5-10(16)4-11(17)6-12/h3-7H,8H2,1-2H3,(H,19,22). The first-order chi connectivity index (χ1) is 11.3. The van der Waals surface area contributed by atoms with Crippen molar-refractivity contribution < 1.29 is 18.5 Å². The highest BCUT2D eigenvalue weighted by Crippen LogP contribution is 2.20. The first-order valence-corrected chi connectivity index (χ1v) is 6.84. The zero-order valence-corrected chi connectivity index (χ0v) is 12.9. The number of benzene rings is 1. The second-order valence-corrected chi connectivity index (χ2v) is 5.15. The molecule has 0 saturated heterocycles. The molecule has 126 valence electrons. The van der Waals surface area contributed by atoms with E-state index in [1.165, 1.54) is 11.0 Å². The van der Waals surface area contributed by atoms with E-state index in [1.54, 1.807) is 14.0 Å². The number of halogens is 2. The third kappa shape index (κ3) is 4.22. The van der Waals surface area contributed by atoms with E-state index in [4.69, 9.17) is 0 Å². The Balaban J connectivity index is 2.06. The van der Waals surface area contributed by atoms with Crippen molar-refractivity contribution in [2.45, 2.75) is 6.92 Å². The number of anilines is 2. The number of aromatic nitrogens is 1. The van der Waals surface area contributed by atoms with Gasteiger partial charge in [-0.25, -0.2) is 13.8 Å². The van der Waals surface area contributed by atoms with Gasteiger partial charge in [-0.2, -0.15) is 0 Å². The van der Waals surface area contributed by atoms with Gasteiger partial charge in [0.05, 0.1) is 11.5 Å². The molecule has 1 amide bonds. The molecular weight excluding hydrogens is 322 g/mol. The van der Waals surface area contributed by atoms with Crippen molar-refractivity contribution in [1.29, 1.82) is 0 Å². The van der Waals surface area contributed by atoms with E-state index in [-0.39, 0.29) is 17.9 Å². The number of rotatable bonds is 5.